The number of hydrogen-bond acceptors (Lipinski definition) is 5. The maximum atomic E-state index is 12.6. The highest BCUT2D eigenvalue weighted by Gasteiger charge is 2.23. The largest absolute Gasteiger partial charge is 0.331 e. The van der Waals surface area contributed by atoms with Crippen LogP contribution in [0.5, 0.6) is 0 Å². The van der Waals surface area contributed by atoms with Gasteiger partial charge in [-0.05, 0) is 39.0 Å². The monoisotopic (exact) mass is 346 g/mol. The lowest BCUT2D eigenvalue weighted by Gasteiger charge is -2.22. The molecule has 23 heavy (non-hydrogen) atoms. The van der Waals surface area contributed by atoms with Gasteiger partial charge >= 0.3 is 0 Å². The van der Waals surface area contributed by atoms with Gasteiger partial charge in [0, 0.05) is 23.0 Å². The minimum absolute atomic E-state index is 0.0784. The Morgan fingerprint density at radius 2 is 2.13 bits per heavy atom. The molecule has 0 unspecified atom stereocenters. The van der Waals surface area contributed by atoms with Crippen LogP contribution in [-0.2, 0) is 0 Å². The maximum Gasteiger partial charge on any atom is 0.274 e. The molecule has 0 aliphatic rings. The van der Waals surface area contributed by atoms with Crippen molar-refractivity contribution in [2.45, 2.75) is 26.8 Å². The van der Waals surface area contributed by atoms with E-state index >= 15 is 0 Å². The molecule has 7 heteroatoms. The number of rotatable bonds is 4. The Morgan fingerprint density at radius 1 is 1.35 bits per heavy atom. The van der Waals surface area contributed by atoms with Gasteiger partial charge < -0.3 is 4.90 Å². The molecule has 5 nitrogen and oxygen atoms in total. The first-order chi connectivity index (χ1) is 11.0. The number of nitrogens with one attached hydrogen (secondary N) is 1. The number of carbonyl (C=O) groups excluding carboxylic acids is 1. The molecule has 3 aromatic rings. The van der Waals surface area contributed by atoms with Crippen molar-refractivity contribution in [3.8, 4) is 10.6 Å². The highest BCUT2D eigenvalue weighted by Crippen LogP contribution is 2.28. The average molecular weight is 346 g/mol. The van der Waals surface area contributed by atoms with Crippen LogP contribution in [-0.4, -0.2) is 33.0 Å². The van der Waals surface area contributed by atoms with Crippen molar-refractivity contribution in [1.82, 2.24) is 20.1 Å². The zero-order chi connectivity index (χ0) is 16.6. The Balaban J connectivity index is 1.79. The van der Waals surface area contributed by atoms with E-state index in [1.807, 2.05) is 31.4 Å². The van der Waals surface area contributed by atoms with E-state index in [0.717, 1.165) is 21.3 Å². The van der Waals surface area contributed by atoms with Gasteiger partial charge in [0.15, 0.2) is 5.69 Å². The molecule has 1 atom stereocenters. The van der Waals surface area contributed by atoms with E-state index in [-0.39, 0.29) is 11.9 Å². The number of carbonyl (C=O) groups is 1. The first-order valence-electron chi connectivity index (χ1n) is 7.27. The Kier molecular flexibility index (Phi) is 4.32. The third-order valence-electron chi connectivity index (χ3n) is 3.70. The second-order valence-electron chi connectivity index (χ2n) is 5.50. The predicted molar refractivity (Wildman–Crippen MR) is 94.0 cm³/mol. The molecule has 0 bridgehead atoms. The Morgan fingerprint density at radius 3 is 2.74 bits per heavy atom. The first-order valence-corrected chi connectivity index (χ1v) is 8.96. The van der Waals surface area contributed by atoms with Gasteiger partial charge in [-0.2, -0.15) is 5.10 Å². The SMILES string of the molecule is Cc1csc([C@H](C)N(C)C(=O)c2cc(-c3ccc(C)s3)[nH]n2)n1. The molecule has 0 aliphatic heterocycles. The summed E-state index contributed by atoms with van der Waals surface area (Å²) < 4.78 is 0. The van der Waals surface area contributed by atoms with E-state index in [2.05, 4.69) is 28.2 Å². The summed E-state index contributed by atoms with van der Waals surface area (Å²) in [5.74, 6) is -0.110. The van der Waals surface area contributed by atoms with Crippen LogP contribution in [0.3, 0.4) is 0 Å². The molecule has 0 spiro atoms. The van der Waals surface area contributed by atoms with Crippen LogP contribution in [0.15, 0.2) is 23.6 Å². The van der Waals surface area contributed by atoms with Crippen LogP contribution in [0.4, 0.5) is 0 Å². The highest BCUT2D eigenvalue weighted by atomic mass is 32.1. The van der Waals surface area contributed by atoms with Crippen LogP contribution in [0.25, 0.3) is 10.6 Å². The fourth-order valence-corrected chi connectivity index (χ4v) is 3.95. The lowest BCUT2D eigenvalue weighted by atomic mass is 10.2. The molecule has 0 fully saturated rings. The van der Waals surface area contributed by atoms with Gasteiger partial charge in [0.25, 0.3) is 5.91 Å². The summed E-state index contributed by atoms with van der Waals surface area (Å²) in [6, 6.07) is 5.82. The minimum Gasteiger partial charge on any atom is -0.331 e. The topological polar surface area (TPSA) is 61.9 Å². The van der Waals surface area contributed by atoms with Gasteiger partial charge in [-0.1, -0.05) is 0 Å². The fourth-order valence-electron chi connectivity index (χ4n) is 2.22. The predicted octanol–water partition coefficient (Wildman–Crippen LogP) is 4.04. The van der Waals surface area contributed by atoms with Crippen LogP contribution in [0, 0.1) is 13.8 Å². The number of aromatic nitrogens is 3. The third-order valence-corrected chi connectivity index (χ3v) is 5.87. The van der Waals surface area contributed by atoms with Gasteiger partial charge in [0.1, 0.15) is 5.01 Å². The van der Waals surface area contributed by atoms with E-state index in [4.69, 9.17) is 0 Å². The molecule has 1 N–H and O–H groups in total. The summed E-state index contributed by atoms with van der Waals surface area (Å²) in [7, 11) is 1.79. The lowest BCUT2D eigenvalue weighted by molar-refractivity contribution is 0.0736. The fraction of sp³-hybridized carbons (Fsp3) is 0.312. The van der Waals surface area contributed by atoms with Crippen molar-refractivity contribution in [3.63, 3.8) is 0 Å². The second kappa shape index (κ2) is 6.25. The standard InChI is InChI=1S/C16H18N4OS2/c1-9-8-22-15(17-9)11(3)20(4)16(21)13-7-12(18-19-13)14-6-5-10(2)23-14/h5-8,11H,1-4H3,(H,18,19)/t11-/m0/s1. The molecule has 0 aromatic carbocycles. The van der Waals surface area contributed by atoms with Crippen LogP contribution in [0.1, 0.15) is 39.0 Å². The Labute approximate surface area is 143 Å². The average Bonchev–Trinajstić information content (AvgIpc) is 3.25. The summed E-state index contributed by atoms with van der Waals surface area (Å²) in [6.07, 6.45) is 0. The minimum atomic E-state index is -0.110. The Bertz CT molecular complexity index is 833. The number of amides is 1. The van der Waals surface area contributed by atoms with Gasteiger partial charge in [-0.15, -0.1) is 22.7 Å². The number of thiazole rings is 1. The number of nitrogens with zero attached hydrogens (tertiary/aromatic N) is 3. The van der Waals surface area contributed by atoms with E-state index in [9.17, 15) is 4.79 Å². The van der Waals surface area contributed by atoms with E-state index in [0.29, 0.717) is 5.69 Å². The van der Waals surface area contributed by atoms with Crippen molar-refractivity contribution >= 4 is 28.6 Å². The van der Waals surface area contributed by atoms with Crippen molar-refractivity contribution in [3.05, 3.63) is 44.9 Å². The summed E-state index contributed by atoms with van der Waals surface area (Å²) >= 11 is 3.25. The van der Waals surface area contributed by atoms with Gasteiger partial charge in [-0.3, -0.25) is 9.89 Å². The molecular weight excluding hydrogens is 328 g/mol. The number of aromatic amines is 1. The molecule has 0 saturated carbocycles. The molecule has 0 saturated heterocycles. The molecule has 3 heterocycles. The van der Waals surface area contributed by atoms with Crippen LogP contribution >= 0.6 is 22.7 Å². The van der Waals surface area contributed by atoms with Crippen molar-refractivity contribution in [1.29, 1.82) is 0 Å². The number of H-pyrrole nitrogens is 1. The summed E-state index contributed by atoms with van der Waals surface area (Å²) in [5, 5.41) is 10.1. The smallest absolute Gasteiger partial charge is 0.274 e. The van der Waals surface area contributed by atoms with Gasteiger partial charge in [0.05, 0.1) is 16.6 Å². The molecule has 3 rings (SSSR count). The summed E-state index contributed by atoms with van der Waals surface area (Å²) in [4.78, 5) is 21.1. The maximum absolute atomic E-state index is 12.6. The zero-order valence-electron chi connectivity index (χ0n) is 13.5. The first kappa shape index (κ1) is 15.9. The lowest BCUT2D eigenvalue weighted by Crippen LogP contribution is -2.29. The van der Waals surface area contributed by atoms with E-state index in [1.165, 1.54) is 4.88 Å². The zero-order valence-corrected chi connectivity index (χ0v) is 15.1. The number of thiophene rings is 1. The van der Waals surface area contributed by atoms with Crippen molar-refractivity contribution in [2.75, 3.05) is 7.05 Å². The summed E-state index contributed by atoms with van der Waals surface area (Å²) in [6.45, 7) is 5.99. The van der Waals surface area contributed by atoms with E-state index in [1.54, 1.807) is 34.6 Å². The quantitative estimate of drug-likeness (QED) is 0.775. The van der Waals surface area contributed by atoms with Crippen molar-refractivity contribution in [2.24, 2.45) is 0 Å². The number of hydrogen-bond donors (Lipinski definition) is 1. The summed E-state index contributed by atoms with van der Waals surface area (Å²) in [5.41, 5.74) is 2.28. The number of aryl methyl sites for hydroxylation is 2. The molecule has 3 aromatic heterocycles. The molecule has 120 valence electrons. The Hall–Kier alpha value is -1.99. The third kappa shape index (κ3) is 3.20. The van der Waals surface area contributed by atoms with E-state index < -0.39 is 0 Å². The molecule has 0 aliphatic carbocycles. The van der Waals surface area contributed by atoms with Gasteiger partial charge in [0.2, 0.25) is 0 Å². The normalized spacial score (nSPS) is 12.3. The van der Waals surface area contributed by atoms with Crippen LogP contribution in [0.2, 0.25) is 0 Å². The molecule has 1 amide bonds. The van der Waals surface area contributed by atoms with Crippen LogP contribution < -0.4 is 0 Å². The van der Waals surface area contributed by atoms with Crippen molar-refractivity contribution < 1.29 is 4.79 Å². The second-order valence-corrected chi connectivity index (χ2v) is 7.67. The highest BCUT2D eigenvalue weighted by molar-refractivity contribution is 7.15. The molecular formula is C16H18N4OS2. The van der Waals surface area contributed by atoms with Gasteiger partial charge in [-0.25, -0.2) is 4.98 Å². The molecule has 0 radical (unpaired) electrons.